The summed E-state index contributed by atoms with van der Waals surface area (Å²) in [4.78, 5) is 2.00. The predicted octanol–water partition coefficient (Wildman–Crippen LogP) is 0.0290. The summed E-state index contributed by atoms with van der Waals surface area (Å²) < 4.78 is 0. The third kappa shape index (κ3) is 2.43. The largest absolute Gasteiger partial charge is 0.396 e. The molecule has 1 heterocycles. The number of rotatable bonds is 2. The first-order valence-electron chi connectivity index (χ1n) is 4.27. The molecule has 0 aromatic carbocycles. The Hall–Kier alpha value is -0.120. The molecule has 2 unspecified atom stereocenters. The SMILES string of the molecule is CC(O)N1CCCC(CO)C1. The molecule has 1 fully saturated rings. The molecule has 0 aromatic rings. The summed E-state index contributed by atoms with van der Waals surface area (Å²) in [6.45, 7) is 3.84. The van der Waals surface area contributed by atoms with Crippen LogP contribution in [0.25, 0.3) is 0 Å². The van der Waals surface area contributed by atoms with E-state index in [9.17, 15) is 5.11 Å². The molecule has 0 saturated carbocycles. The zero-order valence-corrected chi connectivity index (χ0v) is 7.03. The van der Waals surface area contributed by atoms with Gasteiger partial charge in [0.05, 0.1) is 0 Å². The molecule has 1 saturated heterocycles. The number of nitrogens with zero attached hydrogens (tertiary/aromatic N) is 1. The maximum Gasteiger partial charge on any atom is 0.104 e. The summed E-state index contributed by atoms with van der Waals surface area (Å²) in [5.74, 6) is 0.373. The van der Waals surface area contributed by atoms with Crippen LogP contribution in [0.1, 0.15) is 19.8 Å². The Morgan fingerprint density at radius 3 is 2.91 bits per heavy atom. The minimum Gasteiger partial charge on any atom is -0.396 e. The van der Waals surface area contributed by atoms with Crippen LogP contribution in [0.15, 0.2) is 0 Å². The fourth-order valence-corrected chi connectivity index (χ4v) is 1.59. The van der Waals surface area contributed by atoms with Crippen molar-refractivity contribution in [1.82, 2.24) is 4.90 Å². The topological polar surface area (TPSA) is 43.7 Å². The number of hydrogen-bond donors (Lipinski definition) is 2. The zero-order valence-electron chi connectivity index (χ0n) is 7.03. The minimum atomic E-state index is -0.357. The lowest BCUT2D eigenvalue weighted by atomic mass is 9.99. The van der Waals surface area contributed by atoms with E-state index in [0.29, 0.717) is 5.92 Å². The van der Waals surface area contributed by atoms with E-state index in [0.717, 1.165) is 25.9 Å². The fourth-order valence-electron chi connectivity index (χ4n) is 1.59. The molecule has 1 aliphatic heterocycles. The summed E-state index contributed by atoms with van der Waals surface area (Å²) >= 11 is 0. The standard InChI is InChI=1S/C8H17NO2/c1-7(11)9-4-2-3-8(5-9)6-10/h7-8,10-11H,2-6H2,1H3. The average Bonchev–Trinajstić information content (AvgIpc) is 2.05. The van der Waals surface area contributed by atoms with Crippen LogP contribution in [0.2, 0.25) is 0 Å². The molecule has 2 atom stereocenters. The molecule has 3 nitrogen and oxygen atoms in total. The van der Waals surface area contributed by atoms with Gasteiger partial charge in [0.2, 0.25) is 0 Å². The molecule has 11 heavy (non-hydrogen) atoms. The molecule has 3 heteroatoms. The molecule has 0 aliphatic carbocycles. The highest BCUT2D eigenvalue weighted by molar-refractivity contribution is 4.72. The van der Waals surface area contributed by atoms with Crippen LogP contribution in [-0.2, 0) is 0 Å². The Labute approximate surface area is 67.6 Å². The molecule has 66 valence electrons. The molecular formula is C8H17NO2. The van der Waals surface area contributed by atoms with Gasteiger partial charge in [-0.05, 0) is 25.7 Å². The van der Waals surface area contributed by atoms with Crippen LogP contribution < -0.4 is 0 Å². The van der Waals surface area contributed by atoms with Gasteiger partial charge in [-0.15, -0.1) is 0 Å². The predicted molar refractivity (Wildman–Crippen MR) is 43.1 cm³/mol. The maximum atomic E-state index is 9.23. The van der Waals surface area contributed by atoms with Crippen molar-refractivity contribution in [2.24, 2.45) is 5.92 Å². The summed E-state index contributed by atoms with van der Waals surface area (Å²) in [6, 6.07) is 0. The van der Waals surface area contributed by atoms with Crippen molar-refractivity contribution in [3.8, 4) is 0 Å². The summed E-state index contributed by atoms with van der Waals surface area (Å²) in [7, 11) is 0. The Kier molecular flexibility index (Phi) is 3.30. The molecule has 2 N–H and O–H groups in total. The van der Waals surface area contributed by atoms with Gasteiger partial charge in [-0.2, -0.15) is 0 Å². The van der Waals surface area contributed by atoms with Gasteiger partial charge in [0.1, 0.15) is 6.23 Å². The van der Waals surface area contributed by atoms with Crippen LogP contribution >= 0.6 is 0 Å². The lowest BCUT2D eigenvalue weighted by Gasteiger charge is -2.33. The van der Waals surface area contributed by atoms with E-state index in [2.05, 4.69) is 0 Å². The van der Waals surface area contributed by atoms with Gasteiger partial charge in [-0.25, -0.2) is 0 Å². The Balaban J connectivity index is 2.33. The van der Waals surface area contributed by atoms with Gasteiger partial charge in [-0.1, -0.05) is 0 Å². The van der Waals surface area contributed by atoms with Crippen molar-refractivity contribution < 1.29 is 10.2 Å². The lowest BCUT2D eigenvalue weighted by molar-refractivity contribution is -0.0164. The van der Waals surface area contributed by atoms with Crippen molar-refractivity contribution in [2.75, 3.05) is 19.7 Å². The summed E-state index contributed by atoms with van der Waals surface area (Å²) in [5, 5.41) is 18.1. The van der Waals surface area contributed by atoms with Crippen molar-refractivity contribution in [2.45, 2.75) is 26.0 Å². The van der Waals surface area contributed by atoms with Crippen molar-refractivity contribution in [3.63, 3.8) is 0 Å². The molecule has 0 spiro atoms. The second kappa shape index (κ2) is 4.04. The van der Waals surface area contributed by atoms with E-state index < -0.39 is 0 Å². The molecule has 1 aliphatic rings. The summed E-state index contributed by atoms with van der Waals surface area (Å²) in [6.07, 6.45) is 1.83. The molecule has 1 rings (SSSR count). The van der Waals surface area contributed by atoms with Gasteiger partial charge < -0.3 is 10.2 Å². The molecule has 0 bridgehead atoms. The maximum absolute atomic E-state index is 9.23. The van der Waals surface area contributed by atoms with Crippen LogP contribution in [-0.4, -0.2) is 41.0 Å². The number of likely N-dealkylation sites (tertiary alicyclic amines) is 1. The highest BCUT2D eigenvalue weighted by Gasteiger charge is 2.21. The first kappa shape index (κ1) is 8.97. The van der Waals surface area contributed by atoms with Crippen molar-refractivity contribution in [3.05, 3.63) is 0 Å². The smallest absolute Gasteiger partial charge is 0.104 e. The van der Waals surface area contributed by atoms with Crippen LogP contribution in [0.5, 0.6) is 0 Å². The molecular weight excluding hydrogens is 142 g/mol. The number of piperidine rings is 1. The van der Waals surface area contributed by atoms with E-state index in [1.807, 2.05) is 4.90 Å². The van der Waals surface area contributed by atoms with E-state index in [-0.39, 0.29) is 12.8 Å². The van der Waals surface area contributed by atoms with Crippen LogP contribution in [0.4, 0.5) is 0 Å². The summed E-state index contributed by atoms with van der Waals surface area (Å²) in [5.41, 5.74) is 0. The monoisotopic (exact) mass is 159 g/mol. The number of aliphatic hydroxyl groups is 2. The first-order chi connectivity index (χ1) is 5.24. The third-order valence-electron chi connectivity index (χ3n) is 2.34. The van der Waals surface area contributed by atoms with Crippen molar-refractivity contribution >= 4 is 0 Å². The average molecular weight is 159 g/mol. The van der Waals surface area contributed by atoms with Crippen LogP contribution in [0.3, 0.4) is 0 Å². The number of hydrogen-bond acceptors (Lipinski definition) is 3. The van der Waals surface area contributed by atoms with Gasteiger partial charge in [0.25, 0.3) is 0 Å². The second-order valence-electron chi connectivity index (χ2n) is 3.32. The zero-order chi connectivity index (χ0) is 8.27. The first-order valence-corrected chi connectivity index (χ1v) is 4.27. The molecule has 0 aromatic heterocycles. The Bertz CT molecular complexity index is 117. The van der Waals surface area contributed by atoms with Gasteiger partial charge in [0, 0.05) is 19.7 Å². The molecule has 0 radical (unpaired) electrons. The van der Waals surface area contributed by atoms with E-state index in [1.54, 1.807) is 6.92 Å². The quantitative estimate of drug-likeness (QED) is 0.597. The Morgan fingerprint density at radius 2 is 2.36 bits per heavy atom. The second-order valence-corrected chi connectivity index (χ2v) is 3.32. The van der Waals surface area contributed by atoms with Gasteiger partial charge >= 0.3 is 0 Å². The highest BCUT2D eigenvalue weighted by atomic mass is 16.3. The highest BCUT2D eigenvalue weighted by Crippen LogP contribution is 2.16. The fraction of sp³-hybridized carbons (Fsp3) is 1.00. The van der Waals surface area contributed by atoms with Crippen molar-refractivity contribution in [1.29, 1.82) is 0 Å². The van der Waals surface area contributed by atoms with Gasteiger partial charge in [0.15, 0.2) is 0 Å². The lowest BCUT2D eigenvalue weighted by Crippen LogP contribution is -2.42. The molecule has 0 amide bonds. The third-order valence-corrected chi connectivity index (χ3v) is 2.34. The van der Waals surface area contributed by atoms with E-state index >= 15 is 0 Å². The minimum absolute atomic E-state index is 0.253. The normalized spacial score (nSPS) is 30.3. The van der Waals surface area contributed by atoms with E-state index in [4.69, 9.17) is 5.11 Å². The van der Waals surface area contributed by atoms with E-state index in [1.165, 1.54) is 0 Å². The number of aliphatic hydroxyl groups excluding tert-OH is 2. The van der Waals surface area contributed by atoms with Crippen LogP contribution in [0, 0.1) is 5.92 Å². The van der Waals surface area contributed by atoms with Gasteiger partial charge in [-0.3, -0.25) is 4.90 Å². The Morgan fingerprint density at radius 1 is 1.64 bits per heavy atom.